The second-order valence-electron chi connectivity index (χ2n) is 5.00. The Kier molecular flexibility index (Phi) is 7.58. The first-order valence-electron chi connectivity index (χ1n) is 7.23. The molecule has 0 aliphatic carbocycles. The number of nitrogens with one attached hydrogen (secondary N) is 1. The molecule has 134 valence electrons. The first-order chi connectivity index (χ1) is 11.6. The minimum Gasteiger partial charge on any atom is -0.460 e. The van der Waals surface area contributed by atoms with Crippen molar-refractivity contribution in [1.29, 1.82) is 0 Å². The molecular formula is C15H16Cl3N5OS. The van der Waals surface area contributed by atoms with Gasteiger partial charge in [0.25, 0.3) is 0 Å². The fourth-order valence-electron chi connectivity index (χ4n) is 2.08. The summed E-state index contributed by atoms with van der Waals surface area (Å²) in [6, 6.07) is 9.20. The van der Waals surface area contributed by atoms with Crippen LogP contribution < -0.4 is 5.32 Å². The van der Waals surface area contributed by atoms with E-state index in [0.29, 0.717) is 16.6 Å². The smallest absolute Gasteiger partial charge is 0.209 e. The van der Waals surface area contributed by atoms with E-state index in [1.807, 2.05) is 25.2 Å². The van der Waals surface area contributed by atoms with Crippen LogP contribution in [0.25, 0.3) is 11.3 Å². The maximum atomic E-state index is 6.20. The van der Waals surface area contributed by atoms with Crippen molar-refractivity contribution in [2.24, 2.45) is 7.05 Å². The van der Waals surface area contributed by atoms with Crippen molar-refractivity contribution in [1.82, 2.24) is 25.5 Å². The quantitative estimate of drug-likeness (QED) is 0.459. The number of hydrogen-bond acceptors (Lipinski definition) is 6. The molecule has 0 amide bonds. The SMILES string of the molecule is Cl.Cn1nnnc1SCCNCc1ccc(-c2ccc(Cl)cc2Cl)o1. The number of rotatable bonds is 7. The zero-order valence-corrected chi connectivity index (χ0v) is 16.4. The summed E-state index contributed by atoms with van der Waals surface area (Å²) < 4.78 is 7.48. The Labute approximate surface area is 165 Å². The van der Waals surface area contributed by atoms with Gasteiger partial charge in [0.2, 0.25) is 5.16 Å². The van der Waals surface area contributed by atoms with E-state index in [4.69, 9.17) is 27.6 Å². The summed E-state index contributed by atoms with van der Waals surface area (Å²) in [6.07, 6.45) is 0. The van der Waals surface area contributed by atoms with E-state index in [9.17, 15) is 0 Å². The number of furan rings is 1. The summed E-state index contributed by atoms with van der Waals surface area (Å²) in [7, 11) is 1.82. The summed E-state index contributed by atoms with van der Waals surface area (Å²) in [5, 5.41) is 16.6. The van der Waals surface area contributed by atoms with Crippen LogP contribution in [0.2, 0.25) is 10.0 Å². The number of benzene rings is 1. The van der Waals surface area contributed by atoms with Crippen molar-refractivity contribution in [2.75, 3.05) is 12.3 Å². The van der Waals surface area contributed by atoms with Gasteiger partial charge in [0.1, 0.15) is 11.5 Å². The molecule has 0 atom stereocenters. The van der Waals surface area contributed by atoms with Gasteiger partial charge in [0, 0.05) is 29.9 Å². The van der Waals surface area contributed by atoms with Crippen LogP contribution in [0.3, 0.4) is 0 Å². The second-order valence-corrected chi connectivity index (χ2v) is 6.91. The van der Waals surface area contributed by atoms with Crippen molar-refractivity contribution in [3.63, 3.8) is 0 Å². The van der Waals surface area contributed by atoms with Crippen LogP contribution in [0, 0.1) is 0 Å². The number of thioether (sulfide) groups is 1. The van der Waals surface area contributed by atoms with Crippen molar-refractivity contribution in [3.05, 3.63) is 46.1 Å². The molecule has 2 heterocycles. The summed E-state index contributed by atoms with van der Waals surface area (Å²) in [5.41, 5.74) is 0.831. The standard InChI is InChI=1S/C15H15Cl2N5OS.ClH/c1-22-15(19-20-21-22)24-7-6-18-9-11-3-5-14(23-11)12-4-2-10(16)8-13(12)17;/h2-5,8,18H,6-7,9H2,1H3;1H. The van der Waals surface area contributed by atoms with Crippen LogP contribution in [-0.2, 0) is 13.6 Å². The Morgan fingerprint density at radius 1 is 1.24 bits per heavy atom. The Hall–Kier alpha value is -1.25. The summed E-state index contributed by atoms with van der Waals surface area (Å²) in [5.74, 6) is 2.44. The average molecular weight is 421 g/mol. The highest BCUT2D eigenvalue weighted by Gasteiger charge is 2.09. The summed E-state index contributed by atoms with van der Waals surface area (Å²) in [6.45, 7) is 1.46. The molecule has 0 unspecified atom stereocenters. The minimum atomic E-state index is 0. The van der Waals surface area contributed by atoms with Gasteiger partial charge in [0.15, 0.2) is 0 Å². The van der Waals surface area contributed by atoms with E-state index in [0.717, 1.165) is 34.5 Å². The molecule has 25 heavy (non-hydrogen) atoms. The topological polar surface area (TPSA) is 68.8 Å². The molecule has 3 rings (SSSR count). The van der Waals surface area contributed by atoms with Gasteiger partial charge in [-0.15, -0.1) is 17.5 Å². The summed E-state index contributed by atoms with van der Waals surface area (Å²) in [4.78, 5) is 0. The third-order valence-corrected chi connectivity index (χ3v) is 4.81. The predicted molar refractivity (Wildman–Crippen MR) is 103 cm³/mol. The van der Waals surface area contributed by atoms with E-state index in [-0.39, 0.29) is 12.4 Å². The molecular weight excluding hydrogens is 405 g/mol. The highest BCUT2D eigenvalue weighted by Crippen LogP contribution is 2.31. The van der Waals surface area contributed by atoms with Gasteiger partial charge in [-0.2, -0.15) is 0 Å². The molecule has 6 nitrogen and oxygen atoms in total. The van der Waals surface area contributed by atoms with Crippen molar-refractivity contribution >= 4 is 47.4 Å². The maximum Gasteiger partial charge on any atom is 0.209 e. The maximum absolute atomic E-state index is 6.20. The minimum absolute atomic E-state index is 0. The Morgan fingerprint density at radius 3 is 2.80 bits per heavy atom. The van der Waals surface area contributed by atoms with E-state index >= 15 is 0 Å². The zero-order chi connectivity index (χ0) is 16.9. The molecule has 0 radical (unpaired) electrons. The number of tetrazole rings is 1. The molecule has 0 fully saturated rings. The van der Waals surface area contributed by atoms with Gasteiger partial charge in [-0.25, -0.2) is 4.68 Å². The van der Waals surface area contributed by atoms with E-state index in [1.54, 1.807) is 28.6 Å². The van der Waals surface area contributed by atoms with Crippen LogP contribution in [0.15, 0.2) is 39.9 Å². The van der Waals surface area contributed by atoms with Gasteiger partial charge in [-0.3, -0.25) is 0 Å². The van der Waals surface area contributed by atoms with Crippen molar-refractivity contribution in [2.45, 2.75) is 11.7 Å². The first-order valence-corrected chi connectivity index (χ1v) is 8.97. The lowest BCUT2D eigenvalue weighted by Crippen LogP contribution is -2.16. The fourth-order valence-corrected chi connectivity index (χ4v) is 3.32. The fraction of sp³-hybridized carbons (Fsp3) is 0.267. The molecule has 0 aliphatic heterocycles. The van der Waals surface area contributed by atoms with Crippen LogP contribution >= 0.6 is 47.4 Å². The van der Waals surface area contributed by atoms with Crippen molar-refractivity contribution < 1.29 is 4.42 Å². The van der Waals surface area contributed by atoms with Crippen LogP contribution in [0.1, 0.15) is 5.76 Å². The Bertz CT molecular complexity index is 823. The zero-order valence-electron chi connectivity index (χ0n) is 13.3. The average Bonchev–Trinajstić information content (AvgIpc) is 3.17. The summed E-state index contributed by atoms with van der Waals surface area (Å²) >= 11 is 13.7. The number of aromatic nitrogens is 4. The molecule has 2 aromatic heterocycles. The molecule has 0 aliphatic rings. The molecule has 3 aromatic rings. The normalized spacial score (nSPS) is 10.7. The van der Waals surface area contributed by atoms with E-state index in [1.165, 1.54) is 0 Å². The van der Waals surface area contributed by atoms with Crippen molar-refractivity contribution in [3.8, 4) is 11.3 Å². The lowest BCUT2D eigenvalue weighted by molar-refractivity contribution is 0.499. The molecule has 0 saturated heterocycles. The van der Waals surface area contributed by atoms with Crippen LogP contribution in [0.5, 0.6) is 0 Å². The third-order valence-electron chi connectivity index (χ3n) is 3.25. The predicted octanol–water partition coefficient (Wildman–Crippen LogP) is 4.08. The van der Waals surface area contributed by atoms with Gasteiger partial charge in [0.05, 0.1) is 11.6 Å². The van der Waals surface area contributed by atoms with Crippen LogP contribution in [0.4, 0.5) is 0 Å². The van der Waals surface area contributed by atoms with Gasteiger partial charge in [-0.05, 0) is 40.8 Å². The lowest BCUT2D eigenvalue weighted by Gasteiger charge is -2.03. The number of nitrogens with zero attached hydrogens (tertiary/aromatic N) is 4. The third kappa shape index (κ3) is 5.36. The number of aryl methyl sites for hydroxylation is 1. The molecule has 1 aromatic carbocycles. The molecule has 1 N–H and O–H groups in total. The largest absolute Gasteiger partial charge is 0.460 e. The molecule has 0 saturated carbocycles. The number of halogens is 3. The molecule has 0 spiro atoms. The Morgan fingerprint density at radius 2 is 2.08 bits per heavy atom. The van der Waals surface area contributed by atoms with E-state index in [2.05, 4.69) is 20.8 Å². The van der Waals surface area contributed by atoms with Crippen LogP contribution in [-0.4, -0.2) is 32.5 Å². The molecule has 10 heteroatoms. The first kappa shape index (κ1) is 20.1. The second kappa shape index (κ2) is 9.45. The Balaban J connectivity index is 0.00000225. The van der Waals surface area contributed by atoms with E-state index < -0.39 is 0 Å². The van der Waals surface area contributed by atoms with Gasteiger partial charge in [-0.1, -0.05) is 35.0 Å². The van der Waals surface area contributed by atoms with Gasteiger partial charge < -0.3 is 9.73 Å². The number of hydrogen-bond donors (Lipinski definition) is 1. The monoisotopic (exact) mass is 419 g/mol. The lowest BCUT2D eigenvalue weighted by atomic mass is 10.2. The highest BCUT2D eigenvalue weighted by atomic mass is 35.5. The molecule has 0 bridgehead atoms. The highest BCUT2D eigenvalue weighted by molar-refractivity contribution is 7.99. The van der Waals surface area contributed by atoms with Gasteiger partial charge >= 0.3 is 0 Å².